The topological polar surface area (TPSA) is 46.0 Å². The minimum Gasteiger partial charge on any atom is -0.454 e. The summed E-state index contributed by atoms with van der Waals surface area (Å²) in [7, 11) is 0. The summed E-state index contributed by atoms with van der Waals surface area (Å²) in [6, 6.07) is 7.70. The van der Waals surface area contributed by atoms with Gasteiger partial charge in [0.05, 0.1) is 11.1 Å². The Hall–Kier alpha value is -2.03. The molecule has 0 saturated heterocycles. The average Bonchev–Trinajstić information content (AvgIpc) is 2.75. The monoisotopic (exact) mass is 185 g/mol. The van der Waals surface area contributed by atoms with Crippen molar-refractivity contribution in [2.45, 2.75) is 0 Å². The molecule has 0 unspecified atom stereocenters. The quantitative estimate of drug-likeness (QED) is 0.592. The number of nitrogens with one attached hydrogen (secondary N) is 1. The van der Waals surface area contributed by atoms with E-state index < -0.39 is 0 Å². The van der Waals surface area contributed by atoms with Gasteiger partial charge in [0, 0.05) is 11.6 Å². The van der Waals surface area contributed by atoms with Gasteiger partial charge in [0.2, 0.25) is 0 Å². The lowest BCUT2D eigenvalue weighted by Crippen LogP contribution is -1.70. The number of rotatable bonds is 1. The molecule has 0 amide bonds. The van der Waals surface area contributed by atoms with Gasteiger partial charge in [-0.3, -0.25) is 4.79 Å². The van der Waals surface area contributed by atoms with Crippen LogP contribution >= 0.6 is 0 Å². The summed E-state index contributed by atoms with van der Waals surface area (Å²) in [5, 5.41) is 1.01. The number of hydrogen-bond donors (Lipinski definition) is 1. The van der Waals surface area contributed by atoms with E-state index in [1.54, 1.807) is 6.20 Å². The van der Waals surface area contributed by atoms with E-state index in [1.165, 1.54) is 0 Å². The maximum Gasteiger partial charge on any atom is 0.163 e. The van der Waals surface area contributed by atoms with Gasteiger partial charge in [0.25, 0.3) is 0 Å². The largest absolute Gasteiger partial charge is 0.454 e. The van der Waals surface area contributed by atoms with Gasteiger partial charge in [0.15, 0.2) is 11.9 Å². The van der Waals surface area contributed by atoms with E-state index in [0.717, 1.165) is 22.8 Å². The second-order valence-corrected chi connectivity index (χ2v) is 3.16. The van der Waals surface area contributed by atoms with E-state index in [0.29, 0.717) is 11.1 Å². The molecule has 2 aromatic heterocycles. The Kier molecular flexibility index (Phi) is 1.31. The predicted octanol–water partition coefficient (Wildman–Crippen LogP) is 2.73. The van der Waals surface area contributed by atoms with Crippen molar-refractivity contribution in [3.05, 3.63) is 36.0 Å². The van der Waals surface area contributed by atoms with Crippen LogP contribution in [0.4, 0.5) is 0 Å². The third-order valence-electron chi connectivity index (χ3n) is 2.36. The highest BCUT2D eigenvalue weighted by molar-refractivity contribution is 6.07. The third-order valence-corrected chi connectivity index (χ3v) is 2.36. The SMILES string of the molecule is O=Cc1c[nH]c2c1oc1ccccc12. The number of benzene rings is 1. The zero-order chi connectivity index (χ0) is 9.54. The van der Waals surface area contributed by atoms with E-state index in [2.05, 4.69) is 4.98 Å². The van der Waals surface area contributed by atoms with Crippen molar-refractivity contribution in [3.63, 3.8) is 0 Å². The zero-order valence-electron chi connectivity index (χ0n) is 7.28. The normalized spacial score (nSPS) is 11.1. The fourth-order valence-corrected chi connectivity index (χ4v) is 1.70. The smallest absolute Gasteiger partial charge is 0.163 e. The Morgan fingerprint density at radius 2 is 2.14 bits per heavy atom. The second kappa shape index (κ2) is 2.48. The molecule has 0 spiro atoms. The number of aldehydes is 1. The van der Waals surface area contributed by atoms with Gasteiger partial charge in [-0.05, 0) is 12.1 Å². The Balaban J connectivity index is 2.57. The minimum absolute atomic E-state index is 0.566. The van der Waals surface area contributed by atoms with E-state index >= 15 is 0 Å². The number of carbonyl (C=O) groups excluding carboxylic acids is 1. The third kappa shape index (κ3) is 0.785. The molecule has 0 atom stereocenters. The van der Waals surface area contributed by atoms with Crippen molar-refractivity contribution >= 4 is 28.4 Å². The first-order valence-corrected chi connectivity index (χ1v) is 4.34. The highest BCUT2D eigenvalue weighted by Crippen LogP contribution is 2.28. The zero-order valence-corrected chi connectivity index (χ0v) is 7.28. The molecule has 0 saturated carbocycles. The maximum absolute atomic E-state index is 10.7. The van der Waals surface area contributed by atoms with Crippen LogP contribution in [-0.2, 0) is 0 Å². The summed E-state index contributed by atoms with van der Waals surface area (Å²) in [5.41, 5.74) is 2.90. The summed E-state index contributed by atoms with van der Waals surface area (Å²) in [6.07, 6.45) is 2.45. The lowest BCUT2D eigenvalue weighted by Gasteiger charge is -1.84. The number of fused-ring (bicyclic) bond motifs is 3. The molecule has 2 heterocycles. The van der Waals surface area contributed by atoms with Gasteiger partial charge < -0.3 is 9.40 Å². The number of carbonyl (C=O) groups is 1. The highest BCUT2D eigenvalue weighted by atomic mass is 16.3. The van der Waals surface area contributed by atoms with Crippen LogP contribution in [0.25, 0.3) is 22.1 Å². The van der Waals surface area contributed by atoms with Gasteiger partial charge in [-0.25, -0.2) is 0 Å². The average molecular weight is 185 g/mol. The fraction of sp³-hybridized carbons (Fsp3) is 0. The molecule has 0 aliphatic carbocycles. The molecule has 68 valence electrons. The number of aromatic nitrogens is 1. The van der Waals surface area contributed by atoms with Gasteiger partial charge in [0.1, 0.15) is 5.58 Å². The minimum atomic E-state index is 0.566. The number of para-hydroxylation sites is 1. The summed E-state index contributed by atoms with van der Waals surface area (Å²) in [6.45, 7) is 0. The maximum atomic E-state index is 10.7. The summed E-state index contributed by atoms with van der Waals surface area (Å²) in [5.74, 6) is 0. The van der Waals surface area contributed by atoms with Gasteiger partial charge in [-0.1, -0.05) is 12.1 Å². The molecular weight excluding hydrogens is 178 g/mol. The molecule has 0 bridgehead atoms. The molecule has 0 fully saturated rings. The van der Waals surface area contributed by atoms with Crippen molar-refractivity contribution < 1.29 is 9.21 Å². The summed E-state index contributed by atoms with van der Waals surface area (Å²) >= 11 is 0. The van der Waals surface area contributed by atoms with Crippen LogP contribution in [0.15, 0.2) is 34.9 Å². The van der Waals surface area contributed by atoms with Crippen LogP contribution in [-0.4, -0.2) is 11.3 Å². The van der Waals surface area contributed by atoms with Crippen LogP contribution < -0.4 is 0 Å². The molecule has 3 rings (SSSR count). The van der Waals surface area contributed by atoms with Crippen molar-refractivity contribution in [1.29, 1.82) is 0 Å². The fourth-order valence-electron chi connectivity index (χ4n) is 1.70. The summed E-state index contributed by atoms with van der Waals surface area (Å²) < 4.78 is 5.55. The Labute approximate surface area is 79.3 Å². The van der Waals surface area contributed by atoms with Gasteiger partial charge >= 0.3 is 0 Å². The van der Waals surface area contributed by atoms with Crippen molar-refractivity contribution in [2.75, 3.05) is 0 Å². The lowest BCUT2D eigenvalue weighted by molar-refractivity contribution is 0.112. The first-order chi connectivity index (χ1) is 6.90. The van der Waals surface area contributed by atoms with Crippen molar-refractivity contribution in [3.8, 4) is 0 Å². The van der Waals surface area contributed by atoms with E-state index in [9.17, 15) is 4.79 Å². The lowest BCUT2D eigenvalue weighted by atomic mass is 10.2. The van der Waals surface area contributed by atoms with E-state index in [4.69, 9.17) is 4.42 Å². The van der Waals surface area contributed by atoms with Crippen molar-refractivity contribution in [1.82, 2.24) is 4.98 Å². The Bertz CT molecular complexity index is 618. The molecule has 14 heavy (non-hydrogen) atoms. The van der Waals surface area contributed by atoms with Crippen LogP contribution in [0.1, 0.15) is 10.4 Å². The summed E-state index contributed by atoms with van der Waals surface area (Å²) in [4.78, 5) is 13.7. The van der Waals surface area contributed by atoms with Crippen LogP contribution in [0.2, 0.25) is 0 Å². The van der Waals surface area contributed by atoms with E-state index in [1.807, 2.05) is 24.3 Å². The van der Waals surface area contributed by atoms with Crippen LogP contribution in [0, 0.1) is 0 Å². The highest BCUT2D eigenvalue weighted by Gasteiger charge is 2.10. The van der Waals surface area contributed by atoms with Crippen LogP contribution in [0.3, 0.4) is 0 Å². The first kappa shape index (κ1) is 7.38. The molecule has 1 N–H and O–H groups in total. The Morgan fingerprint density at radius 1 is 1.29 bits per heavy atom. The Morgan fingerprint density at radius 3 is 3.00 bits per heavy atom. The number of furan rings is 1. The molecule has 3 heteroatoms. The number of aromatic amines is 1. The molecule has 1 aromatic carbocycles. The molecular formula is C11H7NO2. The molecule has 0 aliphatic rings. The molecule has 3 aromatic rings. The van der Waals surface area contributed by atoms with Crippen LogP contribution in [0.5, 0.6) is 0 Å². The number of H-pyrrole nitrogens is 1. The van der Waals surface area contributed by atoms with Gasteiger partial charge in [-0.2, -0.15) is 0 Å². The predicted molar refractivity (Wildman–Crippen MR) is 53.5 cm³/mol. The standard InChI is InChI=1S/C11H7NO2/c13-6-7-5-12-10-8-3-1-2-4-9(8)14-11(7)10/h1-6,12H. The van der Waals surface area contributed by atoms with Crippen molar-refractivity contribution in [2.24, 2.45) is 0 Å². The van der Waals surface area contributed by atoms with Gasteiger partial charge in [-0.15, -0.1) is 0 Å². The molecule has 3 nitrogen and oxygen atoms in total. The first-order valence-electron chi connectivity index (χ1n) is 4.34. The second-order valence-electron chi connectivity index (χ2n) is 3.16. The molecule has 0 radical (unpaired) electrons. The van der Waals surface area contributed by atoms with E-state index in [-0.39, 0.29) is 0 Å². The number of hydrogen-bond acceptors (Lipinski definition) is 2. The molecule has 0 aliphatic heterocycles.